The Morgan fingerprint density at radius 1 is 1.19 bits per heavy atom. The number of allylic oxidation sites excluding steroid dienone is 3. The highest BCUT2D eigenvalue weighted by molar-refractivity contribution is 6.12. The Labute approximate surface area is 188 Å². The highest BCUT2D eigenvalue weighted by atomic mass is 16.5. The number of nitrogens with one attached hydrogen (secondary N) is 1. The molecule has 0 spiro atoms. The Hall–Kier alpha value is -3.09. The van der Waals surface area contributed by atoms with Gasteiger partial charge in [-0.05, 0) is 50.3 Å². The molecule has 1 aliphatic heterocycles. The molecule has 0 saturated carbocycles. The van der Waals surface area contributed by atoms with E-state index in [9.17, 15) is 14.4 Å². The molecule has 0 radical (unpaired) electrons. The Balaban J connectivity index is 2.15. The van der Waals surface area contributed by atoms with E-state index < -0.39 is 23.8 Å². The summed E-state index contributed by atoms with van der Waals surface area (Å²) in [5, 5.41) is 3.26. The molecule has 4 atom stereocenters. The minimum atomic E-state index is -0.911. The normalized spacial score (nSPS) is 23.8. The SMILES string of the molecule is CCC(C)OC(=O)C1=C(C)NC2=C(C(=O)C(C(=O)OC)C(C)C2)C1c1ccc(OC)cc1. The fraction of sp³-hybridized carbons (Fsp3) is 0.480. The quantitative estimate of drug-likeness (QED) is 0.532. The first-order valence-electron chi connectivity index (χ1n) is 10.9. The molecule has 1 aromatic rings. The van der Waals surface area contributed by atoms with Crippen molar-refractivity contribution >= 4 is 17.7 Å². The van der Waals surface area contributed by atoms with Crippen molar-refractivity contribution in [1.82, 2.24) is 5.32 Å². The Bertz CT molecular complexity index is 975. The van der Waals surface area contributed by atoms with E-state index in [0.717, 1.165) is 11.3 Å². The largest absolute Gasteiger partial charge is 0.497 e. The van der Waals surface area contributed by atoms with Crippen LogP contribution in [0.25, 0.3) is 0 Å². The number of ether oxygens (including phenoxy) is 3. The molecule has 1 aromatic carbocycles. The summed E-state index contributed by atoms with van der Waals surface area (Å²) in [6.45, 7) is 7.44. The summed E-state index contributed by atoms with van der Waals surface area (Å²) in [5.41, 5.74) is 2.93. The maximum atomic E-state index is 13.6. The second-order valence-electron chi connectivity index (χ2n) is 8.43. The first-order chi connectivity index (χ1) is 15.2. The number of ketones is 1. The smallest absolute Gasteiger partial charge is 0.337 e. The summed E-state index contributed by atoms with van der Waals surface area (Å²) < 4.78 is 15.8. The van der Waals surface area contributed by atoms with Crippen molar-refractivity contribution < 1.29 is 28.6 Å². The van der Waals surface area contributed by atoms with Gasteiger partial charge in [-0.15, -0.1) is 0 Å². The number of carbonyl (C=O) groups excluding carboxylic acids is 3. The van der Waals surface area contributed by atoms with Gasteiger partial charge in [-0.25, -0.2) is 4.79 Å². The van der Waals surface area contributed by atoms with Crippen LogP contribution in [-0.2, 0) is 23.9 Å². The van der Waals surface area contributed by atoms with E-state index >= 15 is 0 Å². The predicted molar refractivity (Wildman–Crippen MR) is 119 cm³/mol. The Morgan fingerprint density at radius 2 is 1.84 bits per heavy atom. The van der Waals surface area contributed by atoms with Gasteiger partial charge in [-0.3, -0.25) is 9.59 Å². The molecule has 2 aliphatic rings. The molecule has 4 unspecified atom stereocenters. The first kappa shape index (κ1) is 23.6. The Kier molecular flexibility index (Phi) is 7.06. The molecular weight excluding hydrogens is 410 g/mol. The van der Waals surface area contributed by atoms with Crippen LogP contribution in [0.1, 0.15) is 52.0 Å². The van der Waals surface area contributed by atoms with Gasteiger partial charge >= 0.3 is 11.9 Å². The number of methoxy groups -OCH3 is 2. The Morgan fingerprint density at radius 3 is 2.41 bits per heavy atom. The molecule has 1 N–H and O–H groups in total. The highest BCUT2D eigenvalue weighted by Gasteiger charge is 2.47. The van der Waals surface area contributed by atoms with Crippen molar-refractivity contribution in [3.63, 3.8) is 0 Å². The molecule has 0 aromatic heterocycles. The van der Waals surface area contributed by atoms with Crippen LogP contribution in [0.4, 0.5) is 0 Å². The molecular formula is C25H31NO6. The lowest BCUT2D eigenvalue weighted by molar-refractivity contribution is -0.151. The number of hydrogen-bond acceptors (Lipinski definition) is 7. The number of carbonyl (C=O) groups is 3. The number of esters is 2. The standard InChI is InChI=1S/C25H31NO6/c1-7-14(3)32-25(29)20-15(4)26-18-12-13(2)19(24(28)31-6)23(27)22(18)21(20)16-8-10-17(30-5)11-9-16/h8-11,13-14,19,21,26H,7,12H2,1-6H3. The second-order valence-corrected chi connectivity index (χ2v) is 8.43. The van der Waals surface area contributed by atoms with E-state index in [2.05, 4.69) is 5.32 Å². The third-order valence-electron chi connectivity index (χ3n) is 6.30. The minimum Gasteiger partial charge on any atom is -0.497 e. The summed E-state index contributed by atoms with van der Waals surface area (Å²) in [7, 11) is 2.86. The summed E-state index contributed by atoms with van der Waals surface area (Å²) in [5.74, 6) is -2.47. The zero-order valence-electron chi connectivity index (χ0n) is 19.5. The molecule has 0 saturated heterocycles. The van der Waals surface area contributed by atoms with Gasteiger partial charge in [0.05, 0.1) is 25.9 Å². The van der Waals surface area contributed by atoms with Gasteiger partial charge in [0.25, 0.3) is 0 Å². The number of dihydropyridines is 1. The number of rotatable bonds is 6. The van der Waals surface area contributed by atoms with Gasteiger partial charge in [-0.2, -0.15) is 0 Å². The third kappa shape index (κ3) is 4.29. The second kappa shape index (κ2) is 9.59. The van der Waals surface area contributed by atoms with Crippen molar-refractivity contribution in [2.24, 2.45) is 11.8 Å². The highest BCUT2D eigenvalue weighted by Crippen LogP contribution is 2.45. The molecule has 1 heterocycles. The monoisotopic (exact) mass is 441 g/mol. The number of benzene rings is 1. The minimum absolute atomic E-state index is 0.223. The average Bonchev–Trinajstić information content (AvgIpc) is 2.77. The fourth-order valence-electron chi connectivity index (χ4n) is 4.41. The molecule has 7 nitrogen and oxygen atoms in total. The zero-order valence-corrected chi connectivity index (χ0v) is 19.5. The van der Waals surface area contributed by atoms with Gasteiger partial charge in [0.1, 0.15) is 11.7 Å². The molecule has 32 heavy (non-hydrogen) atoms. The lowest BCUT2D eigenvalue weighted by Gasteiger charge is -2.38. The molecule has 0 fully saturated rings. The van der Waals surface area contributed by atoms with Crippen LogP contribution in [0.2, 0.25) is 0 Å². The zero-order chi connectivity index (χ0) is 23.6. The fourth-order valence-corrected chi connectivity index (χ4v) is 4.41. The van der Waals surface area contributed by atoms with Gasteiger partial charge in [0.15, 0.2) is 5.78 Å². The number of hydrogen-bond donors (Lipinski definition) is 1. The summed E-state index contributed by atoms with van der Waals surface area (Å²) in [6.07, 6.45) is 0.908. The van der Waals surface area contributed by atoms with Crippen molar-refractivity contribution in [2.45, 2.75) is 52.6 Å². The van der Waals surface area contributed by atoms with E-state index in [1.54, 1.807) is 19.2 Å². The van der Waals surface area contributed by atoms with Crippen LogP contribution in [-0.4, -0.2) is 38.0 Å². The molecule has 0 amide bonds. The van der Waals surface area contributed by atoms with E-state index in [0.29, 0.717) is 35.4 Å². The van der Waals surface area contributed by atoms with Crippen LogP contribution in [0.15, 0.2) is 46.8 Å². The average molecular weight is 442 g/mol. The van der Waals surface area contributed by atoms with Gasteiger partial charge in [0, 0.05) is 22.9 Å². The van der Waals surface area contributed by atoms with Crippen molar-refractivity contribution in [3.05, 3.63) is 52.4 Å². The molecule has 7 heteroatoms. The van der Waals surface area contributed by atoms with Crippen molar-refractivity contribution in [1.29, 1.82) is 0 Å². The molecule has 0 bridgehead atoms. The molecule has 1 aliphatic carbocycles. The van der Waals surface area contributed by atoms with E-state index in [4.69, 9.17) is 14.2 Å². The topological polar surface area (TPSA) is 90.9 Å². The first-order valence-corrected chi connectivity index (χ1v) is 10.9. The van der Waals surface area contributed by atoms with Crippen LogP contribution in [0.5, 0.6) is 5.75 Å². The summed E-state index contributed by atoms with van der Waals surface area (Å²) in [6, 6.07) is 7.25. The molecule has 3 rings (SSSR count). The maximum Gasteiger partial charge on any atom is 0.337 e. The van der Waals surface area contributed by atoms with Crippen LogP contribution >= 0.6 is 0 Å². The van der Waals surface area contributed by atoms with Gasteiger partial charge in [0.2, 0.25) is 0 Å². The lowest BCUT2D eigenvalue weighted by atomic mass is 9.69. The maximum absolute atomic E-state index is 13.6. The van der Waals surface area contributed by atoms with Crippen LogP contribution < -0.4 is 10.1 Å². The predicted octanol–water partition coefficient (Wildman–Crippen LogP) is 3.65. The third-order valence-corrected chi connectivity index (χ3v) is 6.30. The lowest BCUT2D eigenvalue weighted by Crippen LogP contribution is -2.43. The van der Waals surface area contributed by atoms with E-state index in [-0.39, 0.29) is 17.8 Å². The molecule has 172 valence electrons. The summed E-state index contributed by atoms with van der Waals surface area (Å²) >= 11 is 0. The van der Waals surface area contributed by atoms with Crippen LogP contribution in [0.3, 0.4) is 0 Å². The van der Waals surface area contributed by atoms with Crippen LogP contribution in [0, 0.1) is 11.8 Å². The van der Waals surface area contributed by atoms with Gasteiger partial charge in [-0.1, -0.05) is 26.0 Å². The van der Waals surface area contributed by atoms with Gasteiger partial charge < -0.3 is 19.5 Å². The number of Topliss-reactive ketones (excluding diaryl/α,β-unsaturated/α-hetero) is 1. The van der Waals surface area contributed by atoms with E-state index in [1.807, 2.05) is 39.8 Å². The van der Waals surface area contributed by atoms with Crippen molar-refractivity contribution in [2.75, 3.05) is 14.2 Å². The van der Waals surface area contributed by atoms with Crippen molar-refractivity contribution in [3.8, 4) is 5.75 Å². The summed E-state index contributed by atoms with van der Waals surface area (Å²) in [4.78, 5) is 39.3. The van der Waals surface area contributed by atoms with E-state index in [1.165, 1.54) is 7.11 Å².